The van der Waals surface area contributed by atoms with Crippen molar-refractivity contribution in [1.29, 1.82) is 0 Å². The summed E-state index contributed by atoms with van der Waals surface area (Å²) in [5, 5.41) is 92.6. The Hall–Kier alpha value is -8.32. The molecule has 3 aliphatic heterocycles. The number of benzene rings is 3. The molecule has 0 bridgehead atoms. The molecule has 542 valence electrons. The van der Waals surface area contributed by atoms with Crippen molar-refractivity contribution in [3.8, 4) is 5.75 Å². The number of nitrogens with one attached hydrogen (secondary N) is 9. The third-order valence-electron chi connectivity index (χ3n) is 16.8. The third kappa shape index (κ3) is 27.0. The smallest absolute Gasteiger partial charge is 0.317 e. The summed E-state index contributed by atoms with van der Waals surface area (Å²) in [6.45, 7) is 1.10. The number of nitrogens with zero attached hydrogens (tertiary/aromatic N) is 4. The van der Waals surface area contributed by atoms with Crippen LogP contribution in [0.15, 0.2) is 78.9 Å². The summed E-state index contributed by atoms with van der Waals surface area (Å²) in [5.74, 6) is -12.1. The summed E-state index contributed by atoms with van der Waals surface area (Å²) in [6, 6.07) is 9.39. The molecular weight excluding hydrogens is 1330 g/mol. The van der Waals surface area contributed by atoms with Crippen LogP contribution < -0.4 is 53.3 Å². The highest BCUT2D eigenvalue weighted by atomic mass is 33.1. The normalized spacial score (nSPS) is 23.1. The molecule has 32 nitrogen and oxygen atoms in total. The number of aliphatic hydroxyl groups excluding tert-OH is 3. The van der Waals surface area contributed by atoms with E-state index in [0.29, 0.717) is 17.5 Å². The number of carbonyl (C=O) groups is 11. The molecule has 0 aliphatic carbocycles. The van der Waals surface area contributed by atoms with Crippen molar-refractivity contribution < 1.29 is 93.5 Å². The van der Waals surface area contributed by atoms with E-state index in [2.05, 4.69) is 47.5 Å². The van der Waals surface area contributed by atoms with Crippen LogP contribution in [0.4, 0.5) is 5.69 Å². The molecule has 6 rings (SSSR count). The average Bonchev–Trinajstić information content (AvgIpc) is 1.73. The molecule has 0 saturated carbocycles. The monoisotopic (exact) mass is 1420 g/mol. The fourth-order valence-electron chi connectivity index (χ4n) is 11.2. The average molecular weight is 1420 g/mol. The van der Waals surface area contributed by atoms with Crippen molar-refractivity contribution in [1.82, 2.24) is 62.1 Å². The fourth-order valence-corrected chi connectivity index (χ4v) is 13.6. The molecule has 8 amide bonds. The molecule has 3 aromatic rings. The highest BCUT2D eigenvalue weighted by molar-refractivity contribution is 8.76. The predicted octanol–water partition coefficient (Wildman–Crippen LogP) is -5.22. The maximum absolute atomic E-state index is 15.3. The number of hydrogen-bond donors (Lipinski definition) is 17. The van der Waals surface area contributed by atoms with Crippen LogP contribution in [-0.4, -0.2) is 290 Å². The zero-order chi connectivity index (χ0) is 72.1. The molecule has 18 N–H and O–H groups in total. The number of unbranched alkanes of at least 4 members (excludes halogenated alkanes) is 1. The van der Waals surface area contributed by atoms with E-state index in [1.54, 1.807) is 68.3 Å². The molecule has 3 heterocycles. The lowest BCUT2D eigenvalue weighted by molar-refractivity contribution is -0.344. The van der Waals surface area contributed by atoms with Crippen LogP contribution in [0.3, 0.4) is 0 Å². The van der Waals surface area contributed by atoms with E-state index in [9.17, 15) is 74.1 Å². The van der Waals surface area contributed by atoms with Crippen LogP contribution in [0.25, 0.3) is 0 Å². The second kappa shape index (κ2) is 40.7. The minimum atomic E-state index is -1.77. The van der Waals surface area contributed by atoms with Gasteiger partial charge in [0.15, 0.2) is 6.21 Å². The standard InChI is InChI=1S/C65H92N14O18S2/c1-39(81)51(36-80)72-64(96)53-38-99-98-37-52(73-60(92)48(28-41-10-4-3-5-11-41)68-54(84)32-76-20-22-77(33-55(85)86)24-26-79(35-57(89)90)27-25-78(23-21-76)34-56(87)88)63(95)70-49(29-42-15-17-44(83)18-16-42)61(93)71-50(30-43-31-67-46-13-7-6-12-45(43)46)62(94)69-47(14-8-9-19-66)59(91)75-58(40(2)82)65(97)74-53/h3-7,10-13,15-18,31,39-40,43,47-53,58,80-83H,8-9,14,19-30,32-38,66H2,1-2H3,(H,68,84)(H,69,94)(H,70,95)(H,71,93)(H,72,96)(H,73,92)(H,74,97)(H,75,91)(H,85,86)(H,87,88)(H,89,90)/p+1/t39?,40?,43?,47-,48+,49-,50+,51+,52-,53-,58-/m0/s1. The van der Waals surface area contributed by atoms with Crippen molar-refractivity contribution in [3.05, 3.63) is 95.6 Å². The van der Waals surface area contributed by atoms with Gasteiger partial charge in [0.1, 0.15) is 48.0 Å². The Kier molecular flexibility index (Phi) is 32.7. The molecule has 0 spiro atoms. The van der Waals surface area contributed by atoms with E-state index in [1.807, 2.05) is 12.1 Å². The molecule has 0 radical (unpaired) electrons. The number of hydrogen-bond acceptors (Lipinski definition) is 22. The summed E-state index contributed by atoms with van der Waals surface area (Å²) < 4.78 is 0. The molecule has 2 fully saturated rings. The largest absolute Gasteiger partial charge is 0.508 e. The quantitative estimate of drug-likeness (QED) is 0.0264. The Morgan fingerprint density at radius 3 is 1.72 bits per heavy atom. The molecule has 3 unspecified atom stereocenters. The van der Waals surface area contributed by atoms with E-state index < -0.39 is 158 Å². The van der Waals surface area contributed by atoms with Gasteiger partial charge in [0.2, 0.25) is 52.9 Å². The van der Waals surface area contributed by atoms with Gasteiger partial charge >= 0.3 is 17.9 Å². The first-order valence-electron chi connectivity index (χ1n) is 32.7. The van der Waals surface area contributed by atoms with E-state index >= 15 is 14.4 Å². The number of rotatable bonds is 26. The molecule has 0 aromatic heterocycles. The Bertz CT molecular complexity index is 3220. The van der Waals surface area contributed by atoms with Gasteiger partial charge in [-0.1, -0.05) is 82.3 Å². The molecule has 11 atom stereocenters. The molecule has 3 aromatic carbocycles. The Labute approximate surface area is 580 Å². The molecular formula is C65H93N14O18S2+. The van der Waals surface area contributed by atoms with Crippen LogP contribution in [0.1, 0.15) is 62.1 Å². The maximum atomic E-state index is 15.3. The number of fused-ring (bicyclic) bond motifs is 1. The van der Waals surface area contributed by atoms with Crippen LogP contribution in [0, 0.1) is 0 Å². The molecule has 99 heavy (non-hydrogen) atoms. The van der Waals surface area contributed by atoms with Gasteiger partial charge in [0.05, 0.1) is 57.0 Å². The van der Waals surface area contributed by atoms with E-state index in [0.717, 1.165) is 32.8 Å². The Balaban J connectivity index is 1.40. The summed E-state index contributed by atoms with van der Waals surface area (Å²) in [4.78, 5) is 163. The first-order chi connectivity index (χ1) is 47.3. The number of phenolic OH excluding ortho intramolecular Hbond substituents is 1. The second-order valence-electron chi connectivity index (χ2n) is 24.6. The summed E-state index contributed by atoms with van der Waals surface area (Å²) in [7, 11) is 1.81. The number of amides is 8. The Morgan fingerprint density at radius 2 is 1.15 bits per heavy atom. The summed E-state index contributed by atoms with van der Waals surface area (Å²) in [6.07, 6.45) is -1.12. The maximum Gasteiger partial charge on any atom is 0.317 e. The number of aliphatic hydroxyl groups is 3. The van der Waals surface area contributed by atoms with Gasteiger partial charge in [-0.3, -0.25) is 72.3 Å². The highest BCUT2D eigenvalue weighted by Crippen LogP contribution is 2.28. The zero-order valence-electron chi connectivity index (χ0n) is 55.3. The van der Waals surface area contributed by atoms with Gasteiger partial charge < -0.3 is 84.0 Å². The number of aliphatic carboxylic acids is 3. The van der Waals surface area contributed by atoms with Crippen LogP contribution in [-0.2, 0) is 65.6 Å². The van der Waals surface area contributed by atoms with Gasteiger partial charge in [-0.15, -0.1) is 0 Å². The number of carboxylic acid groups (broad SMARTS) is 3. The van der Waals surface area contributed by atoms with Crippen molar-refractivity contribution in [3.63, 3.8) is 0 Å². The van der Waals surface area contributed by atoms with Gasteiger partial charge in [-0.25, -0.2) is 4.99 Å². The SMILES string of the molecule is CC(O)[C@@H]1NC(=O)[C@H](CCCCN)NC(=O)[C@@H](CC2C=[NH+]c3ccccc32)NC(=O)[C@H](Cc2ccc(O)cc2)NC(=O)[C@@H](NC(=O)[C@@H](Cc2ccccc2)NC(=O)CN2CCN(CC(=O)O)CCN(CC(=O)O)CCN(CC(=O)O)CC2)CSSC[C@@H](C(=O)N[C@H](CO)C(C)O)NC1=O. The Morgan fingerprint density at radius 1 is 0.616 bits per heavy atom. The van der Waals surface area contributed by atoms with Crippen LogP contribution >= 0.6 is 21.6 Å². The van der Waals surface area contributed by atoms with Gasteiger partial charge in [0.25, 0.3) is 0 Å². The second-order valence-corrected chi connectivity index (χ2v) is 27.2. The minimum Gasteiger partial charge on any atom is -0.508 e. The van der Waals surface area contributed by atoms with E-state index in [1.165, 1.54) is 38.1 Å². The third-order valence-corrected chi connectivity index (χ3v) is 19.2. The van der Waals surface area contributed by atoms with Crippen molar-refractivity contribution in [2.45, 2.75) is 119 Å². The number of para-hydroxylation sites is 1. The summed E-state index contributed by atoms with van der Waals surface area (Å²) in [5.41, 5.74) is 8.31. The fraction of sp³-hybridized carbons (Fsp3) is 0.538. The van der Waals surface area contributed by atoms with Crippen molar-refractivity contribution in [2.75, 3.05) is 103 Å². The topological polar surface area (TPSA) is 479 Å². The number of carbonyl (C=O) groups excluding carboxylic acids is 8. The van der Waals surface area contributed by atoms with Crippen LogP contribution in [0.2, 0.25) is 0 Å². The lowest BCUT2D eigenvalue weighted by Gasteiger charge is -2.33. The van der Waals surface area contributed by atoms with Gasteiger partial charge in [-0.2, -0.15) is 0 Å². The summed E-state index contributed by atoms with van der Waals surface area (Å²) >= 11 is 0. The number of nitrogens with two attached hydrogens (primary N) is 1. The van der Waals surface area contributed by atoms with E-state index in [4.69, 9.17) is 5.73 Å². The molecule has 3 aliphatic rings. The van der Waals surface area contributed by atoms with Crippen LogP contribution in [0.5, 0.6) is 5.75 Å². The first kappa shape index (κ1) is 79.7. The molecule has 34 heteroatoms. The number of phenols is 1. The van der Waals surface area contributed by atoms with Crippen molar-refractivity contribution >= 4 is 98.7 Å². The first-order valence-corrected chi connectivity index (χ1v) is 35.2. The highest BCUT2D eigenvalue weighted by Gasteiger charge is 2.39. The van der Waals surface area contributed by atoms with Gasteiger partial charge in [-0.05, 0) is 69.3 Å². The minimum absolute atomic E-state index is 0.0472. The predicted molar refractivity (Wildman–Crippen MR) is 365 cm³/mol. The number of carboxylic acids is 3. The lowest BCUT2D eigenvalue weighted by atomic mass is 9.93. The van der Waals surface area contributed by atoms with E-state index in [-0.39, 0.29) is 115 Å². The lowest BCUT2D eigenvalue weighted by Crippen LogP contribution is -2.62. The zero-order valence-corrected chi connectivity index (χ0v) is 56.9. The van der Waals surface area contributed by atoms with Gasteiger partial charge in [0, 0.05) is 88.3 Å². The molecule has 2 saturated heterocycles. The number of aromatic hydroxyl groups is 1. The van der Waals surface area contributed by atoms with Crippen molar-refractivity contribution in [2.24, 2.45) is 5.73 Å².